The van der Waals surface area contributed by atoms with Crippen molar-refractivity contribution < 1.29 is 4.42 Å². The van der Waals surface area contributed by atoms with Gasteiger partial charge in [-0.2, -0.15) is 0 Å². The summed E-state index contributed by atoms with van der Waals surface area (Å²) in [6.45, 7) is 4.65. The van der Waals surface area contributed by atoms with Crippen LogP contribution >= 0.6 is 11.3 Å². The molecular weight excluding hydrogens is 739 g/mol. The third-order valence-corrected chi connectivity index (χ3v) is 13.4. The third-order valence-electron chi connectivity index (χ3n) is 12.2. The largest absolute Gasteiger partial charge is 0.456 e. The number of aromatic nitrogens is 3. The number of hydrogen-bond donors (Lipinski definition) is 0. The lowest BCUT2D eigenvalue weighted by molar-refractivity contribution is 0.660. The van der Waals surface area contributed by atoms with Gasteiger partial charge in [0.05, 0.1) is 0 Å². The highest BCUT2D eigenvalue weighted by atomic mass is 32.1. The highest BCUT2D eigenvalue weighted by Gasteiger charge is 2.35. The Kier molecular flexibility index (Phi) is 7.41. The van der Waals surface area contributed by atoms with Gasteiger partial charge in [0.1, 0.15) is 11.2 Å². The number of furan rings is 1. The molecule has 0 radical (unpaired) electrons. The molecule has 0 unspecified atom stereocenters. The Hall–Kier alpha value is -7.21. The molecule has 0 atom stereocenters. The van der Waals surface area contributed by atoms with Crippen molar-refractivity contribution in [2.24, 2.45) is 0 Å². The summed E-state index contributed by atoms with van der Waals surface area (Å²) in [6.07, 6.45) is 0. The molecule has 4 nitrogen and oxygen atoms in total. The number of thiophene rings is 1. The van der Waals surface area contributed by atoms with Gasteiger partial charge in [-0.25, -0.2) is 15.0 Å². The molecule has 5 heteroatoms. The standard InChI is InChI=1S/C54H35N3OS/c1-54(2)44-19-8-6-14-37(44)42-30-35(26-28-45(42)54)32-22-24-33(25-23-32)36-27-29-46-43(31-36)49-40(17-11-20-47(49)58-46)52-55-51(34-12-4-3-5-13-34)56-53(57-52)41-18-10-16-39-38-15-7-9-21-48(38)59-50(39)41/h3-31H,1-2H3. The molecule has 0 N–H and O–H groups in total. The van der Waals surface area contributed by atoms with Crippen LogP contribution in [0.3, 0.4) is 0 Å². The zero-order chi connectivity index (χ0) is 39.2. The van der Waals surface area contributed by atoms with Gasteiger partial charge in [-0.05, 0) is 80.9 Å². The van der Waals surface area contributed by atoms with Crippen LogP contribution in [0.2, 0.25) is 0 Å². The van der Waals surface area contributed by atoms with E-state index in [1.54, 1.807) is 11.3 Å². The molecule has 3 heterocycles. The molecule has 11 aromatic rings. The van der Waals surface area contributed by atoms with E-state index in [9.17, 15) is 0 Å². The van der Waals surface area contributed by atoms with Crippen LogP contribution in [-0.4, -0.2) is 15.0 Å². The predicted molar refractivity (Wildman–Crippen MR) is 245 cm³/mol. The Balaban J connectivity index is 0.971. The van der Waals surface area contributed by atoms with Gasteiger partial charge < -0.3 is 4.42 Å². The zero-order valence-electron chi connectivity index (χ0n) is 32.4. The van der Waals surface area contributed by atoms with Crippen LogP contribution in [0.4, 0.5) is 0 Å². The van der Waals surface area contributed by atoms with E-state index in [0.717, 1.165) is 54.5 Å². The van der Waals surface area contributed by atoms with Crippen LogP contribution in [0.25, 0.3) is 110 Å². The molecule has 59 heavy (non-hydrogen) atoms. The lowest BCUT2D eigenvalue weighted by Gasteiger charge is -2.21. The van der Waals surface area contributed by atoms with Crippen molar-refractivity contribution >= 4 is 53.4 Å². The van der Waals surface area contributed by atoms with Gasteiger partial charge in [-0.1, -0.05) is 153 Å². The molecule has 1 aliphatic rings. The van der Waals surface area contributed by atoms with Crippen molar-refractivity contribution in [3.63, 3.8) is 0 Å². The molecule has 0 saturated heterocycles. The quantitative estimate of drug-likeness (QED) is 0.175. The summed E-state index contributed by atoms with van der Waals surface area (Å²) in [5, 5.41) is 4.45. The van der Waals surface area contributed by atoms with Crippen molar-refractivity contribution in [3.8, 4) is 67.5 Å². The minimum absolute atomic E-state index is 0.00557. The Morgan fingerprint density at radius 3 is 1.86 bits per heavy atom. The summed E-state index contributed by atoms with van der Waals surface area (Å²) in [5.74, 6) is 1.88. The summed E-state index contributed by atoms with van der Waals surface area (Å²) in [7, 11) is 0. The third kappa shape index (κ3) is 5.32. The van der Waals surface area contributed by atoms with Crippen molar-refractivity contribution in [1.29, 1.82) is 0 Å². The van der Waals surface area contributed by atoms with Gasteiger partial charge in [0.15, 0.2) is 17.5 Å². The summed E-state index contributed by atoms with van der Waals surface area (Å²) in [5.41, 5.74) is 14.6. The second kappa shape index (κ2) is 12.9. The van der Waals surface area contributed by atoms with Gasteiger partial charge in [0.2, 0.25) is 0 Å². The van der Waals surface area contributed by atoms with E-state index in [2.05, 4.69) is 159 Å². The lowest BCUT2D eigenvalue weighted by Crippen LogP contribution is -2.14. The molecule has 12 rings (SSSR count). The molecule has 0 bridgehead atoms. The number of rotatable bonds is 5. The molecule has 0 aliphatic heterocycles. The smallest absolute Gasteiger partial charge is 0.165 e. The Labute approximate surface area is 345 Å². The van der Waals surface area contributed by atoms with E-state index in [4.69, 9.17) is 19.4 Å². The minimum atomic E-state index is -0.00557. The maximum absolute atomic E-state index is 6.51. The molecule has 278 valence electrons. The summed E-state index contributed by atoms with van der Waals surface area (Å²) >= 11 is 1.78. The van der Waals surface area contributed by atoms with Crippen LogP contribution in [0.15, 0.2) is 180 Å². The van der Waals surface area contributed by atoms with Gasteiger partial charge >= 0.3 is 0 Å². The normalized spacial score (nSPS) is 13.1. The molecule has 0 fully saturated rings. The first kappa shape index (κ1) is 33.9. The Bertz CT molecular complexity index is 3470. The van der Waals surface area contributed by atoms with E-state index in [0.29, 0.717) is 17.5 Å². The van der Waals surface area contributed by atoms with Gasteiger partial charge in [-0.15, -0.1) is 11.3 Å². The molecule has 0 amide bonds. The van der Waals surface area contributed by atoms with Crippen molar-refractivity contribution in [3.05, 3.63) is 187 Å². The number of hydrogen-bond acceptors (Lipinski definition) is 5. The monoisotopic (exact) mass is 773 g/mol. The van der Waals surface area contributed by atoms with Crippen molar-refractivity contribution in [2.45, 2.75) is 19.3 Å². The van der Waals surface area contributed by atoms with Gasteiger partial charge in [0.25, 0.3) is 0 Å². The van der Waals surface area contributed by atoms with Gasteiger partial charge in [0, 0.05) is 53.1 Å². The first-order chi connectivity index (χ1) is 29.0. The average Bonchev–Trinajstić information content (AvgIpc) is 3.94. The fourth-order valence-electron chi connectivity index (χ4n) is 9.20. The summed E-state index contributed by atoms with van der Waals surface area (Å²) in [4.78, 5) is 15.5. The fraction of sp³-hybridized carbons (Fsp3) is 0.0556. The fourth-order valence-corrected chi connectivity index (χ4v) is 10.4. The second-order valence-electron chi connectivity index (χ2n) is 16.0. The minimum Gasteiger partial charge on any atom is -0.456 e. The number of benzene rings is 8. The Morgan fingerprint density at radius 1 is 0.407 bits per heavy atom. The number of fused-ring (bicyclic) bond motifs is 9. The first-order valence-electron chi connectivity index (χ1n) is 20.0. The van der Waals surface area contributed by atoms with Crippen molar-refractivity contribution in [1.82, 2.24) is 15.0 Å². The average molecular weight is 774 g/mol. The van der Waals surface area contributed by atoms with E-state index < -0.39 is 0 Å². The van der Waals surface area contributed by atoms with Crippen LogP contribution in [0, 0.1) is 0 Å². The summed E-state index contributed by atoms with van der Waals surface area (Å²) < 4.78 is 8.92. The van der Waals surface area contributed by atoms with E-state index in [-0.39, 0.29) is 5.41 Å². The Morgan fingerprint density at radius 2 is 1.02 bits per heavy atom. The highest BCUT2D eigenvalue weighted by Crippen LogP contribution is 2.50. The second-order valence-corrected chi connectivity index (χ2v) is 17.0. The number of nitrogens with zero attached hydrogens (tertiary/aromatic N) is 3. The van der Waals surface area contributed by atoms with Crippen LogP contribution in [0.5, 0.6) is 0 Å². The molecule has 0 spiro atoms. The topological polar surface area (TPSA) is 51.8 Å². The highest BCUT2D eigenvalue weighted by molar-refractivity contribution is 7.26. The maximum atomic E-state index is 6.51. The molecule has 8 aromatic carbocycles. The molecule has 0 saturated carbocycles. The maximum Gasteiger partial charge on any atom is 0.165 e. The molecule has 1 aliphatic carbocycles. The van der Waals surface area contributed by atoms with E-state index >= 15 is 0 Å². The first-order valence-corrected chi connectivity index (χ1v) is 20.8. The van der Waals surface area contributed by atoms with Crippen LogP contribution < -0.4 is 0 Å². The molecule has 3 aromatic heterocycles. The van der Waals surface area contributed by atoms with Crippen LogP contribution in [0.1, 0.15) is 25.0 Å². The van der Waals surface area contributed by atoms with Crippen molar-refractivity contribution in [2.75, 3.05) is 0 Å². The predicted octanol–water partition coefficient (Wildman–Crippen LogP) is 14.8. The van der Waals surface area contributed by atoms with Gasteiger partial charge in [-0.3, -0.25) is 0 Å². The SMILES string of the molecule is CC1(C)c2ccccc2-c2cc(-c3ccc(-c4ccc5oc6cccc(-c7nc(-c8ccccc8)nc(-c8cccc9c8sc8ccccc89)n7)c6c5c4)cc3)ccc21. The lowest BCUT2D eigenvalue weighted by atomic mass is 9.82. The summed E-state index contributed by atoms with van der Waals surface area (Å²) in [6, 6.07) is 62.5. The molecular formula is C54H35N3OS. The van der Waals surface area contributed by atoms with E-state index in [1.165, 1.54) is 48.9 Å². The van der Waals surface area contributed by atoms with Crippen LogP contribution in [-0.2, 0) is 5.41 Å². The zero-order valence-corrected chi connectivity index (χ0v) is 33.2. The van der Waals surface area contributed by atoms with E-state index in [1.807, 2.05) is 30.3 Å².